The SMILES string of the molecule is CC(C)(C)[Si](C)(C)OC(CCCNC(=O)O)c1cccc(Br)n1. The number of halogens is 1. The maximum atomic E-state index is 10.6. The average Bonchev–Trinajstić information content (AvgIpc) is 2.40. The Morgan fingerprint density at radius 1 is 1.43 bits per heavy atom. The molecule has 1 aromatic rings. The molecule has 1 amide bonds. The van der Waals surface area contributed by atoms with Crippen molar-refractivity contribution in [3.63, 3.8) is 0 Å². The molecule has 0 radical (unpaired) electrons. The van der Waals surface area contributed by atoms with Gasteiger partial charge < -0.3 is 14.8 Å². The van der Waals surface area contributed by atoms with Crippen molar-refractivity contribution in [3.8, 4) is 0 Å². The van der Waals surface area contributed by atoms with Crippen molar-refractivity contribution in [2.45, 2.75) is 57.8 Å². The molecule has 0 spiro atoms. The van der Waals surface area contributed by atoms with E-state index < -0.39 is 14.4 Å². The molecule has 0 aliphatic heterocycles. The lowest BCUT2D eigenvalue weighted by Crippen LogP contribution is -2.42. The van der Waals surface area contributed by atoms with E-state index in [9.17, 15) is 4.79 Å². The van der Waals surface area contributed by atoms with Crippen LogP contribution >= 0.6 is 15.9 Å². The number of carbonyl (C=O) groups is 1. The molecule has 0 aliphatic carbocycles. The fourth-order valence-corrected chi connectivity index (χ4v) is 3.55. The summed E-state index contributed by atoms with van der Waals surface area (Å²) in [5, 5.41) is 11.2. The Balaban J connectivity index is 2.86. The first kappa shape index (κ1) is 20.1. The predicted octanol–water partition coefficient (Wildman–Crippen LogP) is 4.95. The highest BCUT2D eigenvalue weighted by molar-refractivity contribution is 9.10. The van der Waals surface area contributed by atoms with Crippen molar-refractivity contribution in [1.29, 1.82) is 0 Å². The zero-order valence-corrected chi connectivity index (χ0v) is 17.1. The van der Waals surface area contributed by atoms with Gasteiger partial charge in [-0.3, -0.25) is 0 Å². The molecule has 0 aromatic carbocycles. The van der Waals surface area contributed by atoms with Crippen molar-refractivity contribution in [2.75, 3.05) is 6.54 Å². The van der Waals surface area contributed by atoms with Gasteiger partial charge in [0.2, 0.25) is 0 Å². The van der Waals surface area contributed by atoms with Gasteiger partial charge in [-0.1, -0.05) is 26.8 Å². The van der Waals surface area contributed by atoms with Gasteiger partial charge in [-0.15, -0.1) is 0 Å². The van der Waals surface area contributed by atoms with Crippen molar-refractivity contribution in [2.24, 2.45) is 0 Å². The van der Waals surface area contributed by atoms with Gasteiger partial charge in [-0.05, 0) is 59.0 Å². The molecule has 2 N–H and O–H groups in total. The van der Waals surface area contributed by atoms with E-state index in [0.717, 1.165) is 16.7 Å². The van der Waals surface area contributed by atoms with E-state index in [1.807, 2.05) is 18.2 Å². The van der Waals surface area contributed by atoms with Crippen molar-refractivity contribution >= 4 is 30.3 Å². The maximum absolute atomic E-state index is 10.6. The van der Waals surface area contributed by atoms with Crippen LogP contribution in [0.3, 0.4) is 0 Å². The van der Waals surface area contributed by atoms with Crippen molar-refractivity contribution < 1.29 is 14.3 Å². The summed E-state index contributed by atoms with van der Waals surface area (Å²) in [6, 6.07) is 5.80. The smallest absolute Gasteiger partial charge is 0.404 e. The van der Waals surface area contributed by atoms with Crippen molar-refractivity contribution in [3.05, 3.63) is 28.5 Å². The first-order valence-electron chi connectivity index (χ1n) is 7.80. The molecule has 130 valence electrons. The number of amides is 1. The Labute approximate surface area is 148 Å². The van der Waals surface area contributed by atoms with Gasteiger partial charge in [0.05, 0.1) is 11.8 Å². The second-order valence-corrected chi connectivity index (χ2v) is 12.7. The number of rotatable bonds is 7. The highest BCUT2D eigenvalue weighted by atomic mass is 79.9. The van der Waals surface area contributed by atoms with Gasteiger partial charge >= 0.3 is 6.09 Å². The van der Waals surface area contributed by atoms with Crippen LogP contribution in [0.4, 0.5) is 4.79 Å². The second-order valence-electron chi connectivity index (χ2n) is 7.13. The van der Waals surface area contributed by atoms with Crippen LogP contribution < -0.4 is 5.32 Å². The minimum atomic E-state index is -1.94. The number of carboxylic acid groups (broad SMARTS) is 1. The summed E-state index contributed by atoms with van der Waals surface area (Å²) >= 11 is 3.41. The first-order valence-corrected chi connectivity index (χ1v) is 11.5. The Kier molecular flexibility index (Phi) is 7.22. The maximum Gasteiger partial charge on any atom is 0.404 e. The molecule has 1 heterocycles. The van der Waals surface area contributed by atoms with Gasteiger partial charge in [0.1, 0.15) is 4.60 Å². The zero-order valence-electron chi connectivity index (χ0n) is 14.5. The molecule has 1 atom stereocenters. The van der Waals surface area contributed by atoms with Crippen LogP contribution in [-0.2, 0) is 4.43 Å². The number of hydrogen-bond donors (Lipinski definition) is 2. The lowest BCUT2D eigenvalue weighted by atomic mass is 10.1. The van der Waals surface area contributed by atoms with E-state index in [4.69, 9.17) is 9.53 Å². The Morgan fingerprint density at radius 3 is 2.61 bits per heavy atom. The summed E-state index contributed by atoms with van der Waals surface area (Å²) in [5.41, 5.74) is 0.888. The van der Waals surface area contributed by atoms with Crippen LogP contribution in [0.25, 0.3) is 0 Å². The molecular weight excluding hydrogens is 376 g/mol. The molecule has 0 saturated carbocycles. The number of nitrogens with one attached hydrogen (secondary N) is 1. The fraction of sp³-hybridized carbons (Fsp3) is 0.625. The van der Waals surface area contributed by atoms with Crippen LogP contribution in [0.15, 0.2) is 22.8 Å². The first-order chi connectivity index (χ1) is 10.5. The van der Waals surface area contributed by atoms with Gasteiger partial charge in [-0.2, -0.15) is 0 Å². The van der Waals surface area contributed by atoms with E-state index in [2.05, 4.69) is 60.1 Å². The lowest BCUT2D eigenvalue weighted by Gasteiger charge is -2.39. The van der Waals surface area contributed by atoms with E-state index in [1.54, 1.807) is 0 Å². The normalized spacial score (nSPS) is 13.7. The minimum Gasteiger partial charge on any atom is -0.465 e. The molecule has 0 aliphatic rings. The molecule has 0 bridgehead atoms. The molecule has 1 aromatic heterocycles. The van der Waals surface area contributed by atoms with Gasteiger partial charge in [0, 0.05) is 6.54 Å². The summed E-state index contributed by atoms with van der Waals surface area (Å²) < 4.78 is 7.31. The third kappa shape index (κ3) is 6.61. The number of aromatic nitrogens is 1. The summed E-state index contributed by atoms with van der Waals surface area (Å²) in [5.74, 6) is 0. The van der Waals surface area contributed by atoms with Gasteiger partial charge in [0.25, 0.3) is 0 Å². The van der Waals surface area contributed by atoms with Crippen LogP contribution in [0.2, 0.25) is 18.1 Å². The molecule has 1 unspecified atom stereocenters. The van der Waals surface area contributed by atoms with Gasteiger partial charge in [-0.25, -0.2) is 9.78 Å². The molecular formula is C16H27BrN2O3Si. The number of hydrogen-bond acceptors (Lipinski definition) is 3. The van der Waals surface area contributed by atoms with E-state index in [1.165, 1.54) is 0 Å². The van der Waals surface area contributed by atoms with Crippen LogP contribution in [0.5, 0.6) is 0 Å². The predicted molar refractivity (Wildman–Crippen MR) is 98.2 cm³/mol. The molecule has 1 rings (SSSR count). The molecule has 7 heteroatoms. The third-order valence-electron chi connectivity index (χ3n) is 4.23. The third-order valence-corrected chi connectivity index (χ3v) is 9.16. The van der Waals surface area contributed by atoms with Gasteiger partial charge in [0.15, 0.2) is 8.32 Å². The lowest BCUT2D eigenvalue weighted by molar-refractivity contribution is 0.164. The summed E-state index contributed by atoms with van der Waals surface area (Å²) in [6.45, 7) is 11.5. The zero-order chi connectivity index (χ0) is 17.7. The molecule has 5 nitrogen and oxygen atoms in total. The van der Waals surface area contributed by atoms with Crippen LogP contribution in [0, 0.1) is 0 Å². The molecule has 23 heavy (non-hydrogen) atoms. The number of pyridine rings is 1. The average molecular weight is 403 g/mol. The monoisotopic (exact) mass is 402 g/mol. The number of nitrogens with zero attached hydrogens (tertiary/aromatic N) is 1. The highest BCUT2D eigenvalue weighted by Gasteiger charge is 2.39. The Morgan fingerprint density at radius 2 is 2.09 bits per heavy atom. The standard InChI is InChI=1S/C16H27BrN2O3Si/c1-16(2,3)23(4,5)22-13(9-7-11-18-15(20)21)12-8-6-10-14(17)19-12/h6,8,10,13,18H,7,9,11H2,1-5H3,(H,20,21). The second kappa shape index (κ2) is 8.26. The Hall–Kier alpha value is -0.923. The largest absolute Gasteiger partial charge is 0.465 e. The topological polar surface area (TPSA) is 71.5 Å². The summed E-state index contributed by atoms with van der Waals surface area (Å²) in [4.78, 5) is 15.1. The summed E-state index contributed by atoms with van der Waals surface area (Å²) in [7, 11) is -1.94. The minimum absolute atomic E-state index is 0.108. The quantitative estimate of drug-likeness (QED) is 0.384. The molecule has 0 fully saturated rings. The molecule has 0 saturated heterocycles. The highest BCUT2D eigenvalue weighted by Crippen LogP contribution is 2.40. The van der Waals surface area contributed by atoms with Crippen molar-refractivity contribution in [1.82, 2.24) is 10.3 Å². The summed E-state index contributed by atoms with van der Waals surface area (Å²) in [6.07, 6.45) is 0.326. The van der Waals surface area contributed by atoms with E-state index in [0.29, 0.717) is 13.0 Å². The van der Waals surface area contributed by atoms with E-state index in [-0.39, 0.29) is 11.1 Å². The van der Waals surface area contributed by atoms with Crippen LogP contribution in [0.1, 0.15) is 45.4 Å². The fourth-order valence-electron chi connectivity index (χ4n) is 1.89. The Bertz CT molecular complexity index is 532. The van der Waals surface area contributed by atoms with Crippen LogP contribution in [-0.4, -0.2) is 31.0 Å². The van der Waals surface area contributed by atoms with E-state index >= 15 is 0 Å².